The van der Waals surface area contributed by atoms with Gasteiger partial charge in [-0.1, -0.05) is 23.2 Å². The second kappa shape index (κ2) is 8.60. The Balaban J connectivity index is 0.000000231. The van der Waals surface area contributed by atoms with Crippen molar-refractivity contribution in [1.29, 1.82) is 5.26 Å². The summed E-state index contributed by atoms with van der Waals surface area (Å²) < 4.78 is 26.2. The van der Waals surface area contributed by atoms with Gasteiger partial charge < -0.3 is 5.11 Å². The lowest BCUT2D eigenvalue weighted by atomic mass is 10.2. The molecule has 3 nitrogen and oxygen atoms in total. The Labute approximate surface area is 156 Å². The number of nitrogens with zero attached hydrogens (tertiary/aromatic N) is 1. The number of hydrogen-bond donors (Lipinski definition) is 1. The van der Waals surface area contributed by atoms with E-state index >= 15 is 0 Å². The topological polar surface area (TPSA) is 61.1 Å². The number of halogens is 6. The fourth-order valence-electron chi connectivity index (χ4n) is 1.30. The average molecular weight is 488 g/mol. The minimum atomic E-state index is -1.24. The first-order valence-corrected chi connectivity index (χ1v) is 7.95. The van der Waals surface area contributed by atoms with Gasteiger partial charge >= 0.3 is 5.97 Å². The predicted molar refractivity (Wildman–Crippen MR) is 89.9 cm³/mol. The van der Waals surface area contributed by atoms with Gasteiger partial charge in [-0.3, -0.25) is 0 Å². The van der Waals surface area contributed by atoms with E-state index in [-0.39, 0.29) is 30.1 Å². The summed E-state index contributed by atoms with van der Waals surface area (Å²) in [6, 6.07) is 7.20. The monoisotopic (exact) mass is 485 g/mol. The third kappa shape index (κ3) is 4.88. The molecule has 0 bridgehead atoms. The summed E-state index contributed by atoms with van der Waals surface area (Å²) in [5.74, 6) is -2.59. The number of nitriles is 1. The zero-order chi connectivity index (χ0) is 17.7. The third-order valence-electron chi connectivity index (χ3n) is 2.42. The van der Waals surface area contributed by atoms with E-state index in [1.165, 1.54) is 24.3 Å². The number of rotatable bonds is 1. The van der Waals surface area contributed by atoms with Gasteiger partial charge in [0.15, 0.2) is 11.6 Å². The Morgan fingerprint density at radius 1 is 1.04 bits per heavy atom. The van der Waals surface area contributed by atoms with Crippen molar-refractivity contribution < 1.29 is 18.7 Å². The van der Waals surface area contributed by atoms with Crippen molar-refractivity contribution in [2.45, 2.75) is 0 Å². The van der Waals surface area contributed by atoms with Crippen LogP contribution >= 0.6 is 55.1 Å². The number of carbonyl (C=O) groups is 1. The largest absolute Gasteiger partial charge is 0.478 e. The molecular weight excluding hydrogens is 483 g/mol. The smallest absolute Gasteiger partial charge is 0.337 e. The molecule has 0 radical (unpaired) electrons. The van der Waals surface area contributed by atoms with E-state index in [9.17, 15) is 13.6 Å². The number of aromatic carboxylic acids is 1. The van der Waals surface area contributed by atoms with Crippen LogP contribution in [0.15, 0.2) is 33.2 Å². The van der Waals surface area contributed by atoms with E-state index in [0.717, 1.165) is 0 Å². The van der Waals surface area contributed by atoms with Crippen molar-refractivity contribution >= 4 is 61.0 Å². The van der Waals surface area contributed by atoms with Crippen LogP contribution < -0.4 is 0 Å². The minimum absolute atomic E-state index is 0.137. The first-order chi connectivity index (χ1) is 10.7. The number of hydrogen-bond acceptors (Lipinski definition) is 2. The Morgan fingerprint density at radius 2 is 1.52 bits per heavy atom. The molecule has 0 saturated carbocycles. The third-order valence-corrected chi connectivity index (χ3v) is 4.39. The summed E-state index contributed by atoms with van der Waals surface area (Å²) in [5, 5.41) is 16.4. The molecule has 9 heteroatoms. The van der Waals surface area contributed by atoms with Gasteiger partial charge in [-0.15, -0.1) is 0 Å². The van der Waals surface area contributed by atoms with Gasteiger partial charge in [-0.2, -0.15) is 5.26 Å². The molecule has 0 fully saturated rings. The molecule has 23 heavy (non-hydrogen) atoms. The Morgan fingerprint density at radius 3 is 2.00 bits per heavy atom. The second-order valence-electron chi connectivity index (χ2n) is 3.86. The first kappa shape index (κ1) is 19.8. The van der Waals surface area contributed by atoms with E-state index in [1.54, 1.807) is 6.07 Å². The maximum absolute atomic E-state index is 12.9. The zero-order valence-corrected chi connectivity index (χ0v) is 15.6. The maximum Gasteiger partial charge on any atom is 0.337 e. The SMILES string of the molecule is N#Cc1ccc(Br)c(F)c1Cl.O=C(O)c1ccc(Br)c(F)c1Cl. The van der Waals surface area contributed by atoms with E-state index in [1.807, 2.05) is 0 Å². The molecule has 2 aromatic rings. The van der Waals surface area contributed by atoms with Crippen LogP contribution in [0.25, 0.3) is 0 Å². The second-order valence-corrected chi connectivity index (χ2v) is 6.33. The van der Waals surface area contributed by atoms with Crippen molar-refractivity contribution in [2.24, 2.45) is 0 Å². The molecule has 120 valence electrons. The fraction of sp³-hybridized carbons (Fsp3) is 0. The van der Waals surface area contributed by atoms with Crippen LogP contribution in [-0.4, -0.2) is 11.1 Å². The molecule has 0 heterocycles. The van der Waals surface area contributed by atoms with Crippen LogP contribution in [0, 0.1) is 23.0 Å². The van der Waals surface area contributed by atoms with Crippen molar-refractivity contribution in [3.05, 3.63) is 66.0 Å². The molecule has 0 aliphatic rings. The summed E-state index contributed by atoms with van der Waals surface area (Å²) in [5.41, 5.74) is -0.0928. The van der Waals surface area contributed by atoms with Crippen molar-refractivity contribution in [2.75, 3.05) is 0 Å². The van der Waals surface area contributed by atoms with Crippen LogP contribution in [0.3, 0.4) is 0 Å². The van der Waals surface area contributed by atoms with Gasteiger partial charge in [0.2, 0.25) is 0 Å². The van der Waals surface area contributed by atoms with E-state index in [4.69, 9.17) is 33.6 Å². The normalized spacial score (nSPS) is 9.61. The highest BCUT2D eigenvalue weighted by Gasteiger charge is 2.14. The highest BCUT2D eigenvalue weighted by molar-refractivity contribution is 9.10. The lowest BCUT2D eigenvalue weighted by molar-refractivity contribution is 0.0696. The molecule has 2 rings (SSSR count). The van der Waals surface area contributed by atoms with E-state index in [2.05, 4.69) is 31.9 Å². The highest BCUT2D eigenvalue weighted by Crippen LogP contribution is 2.27. The van der Waals surface area contributed by atoms with E-state index < -0.39 is 17.6 Å². The van der Waals surface area contributed by atoms with Gasteiger partial charge in [0.05, 0.1) is 30.1 Å². The quantitative estimate of drug-likeness (QED) is 0.498. The summed E-state index contributed by atoms with van der Waals surface area (Å²) >= 11 is 16.7. The van der Waals surface area contributed by atoms with Crippen LogP contribution in [0.4, 0.5) is 8.78 Å². The number of carboxylic acid groups (broad SMARTS) is 1. The molecule has 0 atom stereocenters. The van der Waals surface area contributed by atoms with Crippen LogP contribution in [0.2, 0.25) is 10.0 Å². The molecule has 0 saturated heterocycles. The number of benzene rings is 2. The van der Waals surface area contributed by atoms with Crippen LogP contribution in [0.1, 0.15) is 15.9 Å². The van der Waals surface area contributed by atoms with Gasteiger partial charge in [-0.05, 0) is 56.1 Å². The lowest BCUT2D eigenvalue weighted by Crippen LogP contribution is -1.98. The predicted octanol–water partition coefficient (Wildman–Crippen LogP) is 6.05. The Bertz CT molecular complexity index is 810. The Hall–Kier alpha value is -1.20. The highest BCUT2D eigenvalue weighted by atomic mass is 79.9. The molecule has 1 N–H and O–H groups in total. The molecule has 0 unspecified atom stereocenters. The first-order valence-electron chi connectivity index (χ1n) is 5.61. The Kier molecular flexibility index (Phi) is 7.42. The maximum atomic E-state index is 12.9. The summed E-state index contributed by atoms with van der Waals surface area (Å²) in [4.78, 5) is 10.4. The summed E-state index contributed by atoms with van der Waals surface area (Å²) in [7, 11) is 0. The molecule has 0 amide bonds. The standard InChI is InChI=1S/C7H2BrClFN.C7H3BrClFO2/c8-5-2-1-4(3-11)6(9)7(5)10;8-4-2-1-3(7(11)12)5(9)6(4)10/h1-2H;1-2H,(H,11,12). The molecular formula is C14H5Br2Cl2F2NO2. The molecule has 0 aliphatic carbocycles. The summed E-state index contributed by atoms with van der Waals surface area (Å²) in [6.07, 6.45) is 0. The molecule has 0 aromatic heterocycles. The van der Waals surface area contributed by atoms with Gasteiger partial charge in [0.1, 0.15) is 6.07 Å². The van der Waals surface area contributed by atoms with Gasteiger partial charge in [0, 0.05) is 0 Å². The van der Waals surface area contributed by atoms with Crippen LogP contribution in [-0.2, 0) is 0 Å². The van der Waals surface area contributed by atoms with Crippen molar-refractivity contribution in [1.82, 2.24) is 0 Å². The van der Waals surface area contributed by atoms with Gasteiger partial charge in [-0.25, -0.2) is 13.6 Å². The fourth-order valence-corrected chi connectivity index (χ4v) is 2.65. The molecule has 0 aliphatic heterocycles. The zero-order valence-electron chi connectivity index (χ0n) is 10.9. The van der Waals surface area contributed by atoms with Crippen molar-refractivity contribution in [3.63, 3.8) is 0 Å². The molecule has 2 aromatic carbocycles. The van der Waals surface area contributed by atoms with Gasteiger partial charge in [0.25, 0.3) is 0 Å². The minimum Gasteiger partial charge on any atom is -0.478 e. The number of carboxylic acids is 1. The van der Waals surface area contributed by atoms with E-state index in [0.29, 0.717) is 0 Å². The lowest BCUT2D eigenvalue weighted by Gasteiger charge is -2.00. The van der Waals surface area contributed by atoms with Crippen molar-refractivity contribution in [3.8, 4) is 6.07 Å². The average Bonchev–Trinajstić information content (AvgIpc) is 2.51. The van der Waals surface area contributed by atoms with Crippen LogP contribution in [0.5, 0.6) is 0 Å². The molecule has 0 spiro atoms. The summed E-state index contributed by atoms with van der Waals surface area (Å²) in [6.45, 7) is 0.